The highest BCUT2D eigenvalue weighted by Gasteiger charge is 2.45. The Kier molecular flexibility index (Phi) is 4.62. The molecule has 1 amide bonds. The molecule has 0 unspecified atom stereocenters. The molecule has 2 rings (SSSR count). The number of hydrogen-bond donors (Lipinski definition) is 2. The minimum Gasteiger partial charge on any atom is -0.368 e. The van der Waals surface area contributed by atoms with E-state index in [2.05, 4.69) is 17.1 Å². The average molecular weight is 253 g/mol. The minimum atomic E-state index is -0.341. The quantitative estimate of drug-likeness (QED) is 0.789. The topological polar surface area (TPSA) is 58.4 Å². The van der Waals surface area contributed by atoms with E-state index in [-0.39, 0.29) is 11.4 Å². The summed E-state index contributed by atoms with van der Waals surface area (Å²) in [4.78, 5) is 14.3. The van der Waals surface area contributed by atoms with Gasteiger partial charge in [-0.2, -0.15) is 0 Å². The lowest BCUT2D eigenvalue weighted by molar-refractivity contribution is -0.134. The lowest BCUT2D eigenvalue weighted by atomic mass is 9.73. The number of amides is 1. The van der Waals surface area contributed by atoms with E-state index >= 15 is 0 Å². The van der Waals surface area contributed by atoms with Gasteiger partial charge in [-0.3, -0.25) is 9.69 Å². The molecule has 0 radical (unpaired) electrons. The van der Waals surface area contributed by atoms with Crippen molar-refractivity contribution in [1.29, 1.82) is 0 Å². The summed E-state index contributed by atoms with van der Waals surface area (Å²) in [6.07, 6.45) is 6.82. The summed E-state index contributed by atoms with van der Waals surface area (Å²) in [5.41, 5.74) is 5.41. The predicted molar refractivity (Wildman–Crippen MR) is 73.2 cm³/mol. The third-order valence-electron chi connectivity index (χ3n) is 4.81. The number of nitrogens with one attached hydrogen (secondary N) is 1. The van der Waals surface area contributed by atoms with Crippen molar-refractivity contribution >= 4 is 5.91 Å². The molecule has 2 fully saturated rings. The predicted octanol–water partition coefficient (Wildman–Crippen LogP) is 1.11. The van der Waals surface area contributed by atoms with Crippen LogP contribution in [0.1, 0.15) is 45.4 Å². The minimum absolute atomic E-state index is 0.0978. The first-order valence-electron chi connectivity index (χ1n) is 7.44. The molecule has 1 saturated heterocycles. The molecule has 0 atom stereocenters. The Bertz CT molecular complexity index is 279. The second kappa shape index (κ2) is 6.02. The van der Waals surface area contributed by atoms with Gasteiger partial charge in [0.2, 0.25) is 5.91 Å². The smallest absolute Gasteiger partial charge is 0.237 e. The molecule has 1 heterocycles. The summed E-state index contributed by atoms with van der Waals surface area (Å²) in [6, 6.07) is 0. The Morgan fingerprint density at radius 1 is 1.33 bits per heavy atom. The average Bonchev–Trinajstić information content (AvgIpc) is 2.41. The van der Waals surface area contributed by atoms with Gasteiger partial charge in [0, 0.05) is 26.2 Å². The molecule has 18 heavy (non-hydrogen) atoms. The molecule has 0 aromatic rings. The third-order valence-corrected chi connectivity index (χ3v) is 4.81. The summed E-state index contributed by atoms with van der Waals surface area (Å²) < 4.78 is 0. The summed E-state index contributed by atoms with van der Waals surface area (Å²) in [5.74, 6) is 0.713. The fraction of sp³-hybridized carbons (Fsp3) is 0.929. The molecule has 1 saturated carbocycles. The SMILES string of the molecule is CCCC1CCC(C(N)=O)(N2CCNCC2)CC1. The van der Waals surface area contributed by atoms with Crippen molar-refractivity contribution in [3.05, 3.63) is 0 Å². The Labute approximate surface area is 110 Å². The zero-order chi connectivity index (χ0) is 13.0. The molecule has 4 heteroatoms. The van der Waals surface area contributed by atoms with E-state index in [1.54, 1.807) is 0 Å². The maximum Gasteiger partial charge on any atom is 0.237 e. The number of carbonyl (C=O) groups is 1. The van der Waals surface area contributed by atoms with Gasteiger partial charge in [0.05, 0.1) is 0 Å². The zero-order valence-electron chi connectivity index (χ0n) is 11.6. The second-order valence-corrected chi connectivity index (χ2v) is 5.86. The fourth-order valence-electron chi connectivity index (χ4n) is 3.66. The molecular weight excluding hydrogens is 226 g/mol. The third kappa shape index (κ3) is 2.69. The van der Waals surface area contributed by atoms with Crippen LogP contribution in [0.25, 0.3) is 0 Å². The Balaban J connectivity index is 2.02. The molecule has 3 N–H and O–H groups in total. The normalized spacial score (nSPS) is 34.4. The van der Waals surface area contributed by atoms with E-state index in [0.717, 1.165) is 44.9 Å². The first kappa shape index (κ1) is 13.8. The van der Waals surface area contributed by atoms with E-state index in [1.165, 1.54) is 25.7 Å². The fourth-order valence-corrected chi connectivity index (χ4v) is 3.66. The number of rotatable bonds is 4. The van der Waals surface area contributed by atoms with Crippen molar-refractivity contribution < 1.29 is 4.79 Å². The lowest BCUT2D eigenvalue weighted by Crippen LogP contribution is -2.63. The number of primary amides is 1. The molecule has 1 aliphatic carbocycles. The highest BCUT2D eigenvalue weighted by Crippen LogP contribution is 2.38. The van der Waals surface area contributed by atoms with Crippen molar-refractivity contribution in [3.8, 4) is 0 Å². The molecule has 4 nitrogen and oxygen atoms in total. The van der Waals surface area contributed by atoms with Crippen LogP contribution in [0.15, 0.2) is 0 Å². The van der Waals surface area contributed by atoms with Gasteiger partial charge in [-0.05, 0) is 31.6 Å². The summed E-state index contributed by atoms with van der Waals surface area (Å²) in [7, 11) is 0. The summed E-state index contributed by atoms with van der Waals surface area (Å²) in [6.45, 7) is 6.12. The molecule has 0 aromatic carbocycles. The van der Waals surface area contributed by atoms with Gasteiger partial charge < -0.3 is 11.1 Å². The monoisotopic (exact) mass is 253 g/mol. The van der Waals surface area contributed by atoms with E-state index in [1.807, 2.05) is 0 Å². The molecule has 1 aliphatic heterocycles. The lowest BCUT2D eigenvalue weighted by Gasteiger charge is -2.47. The molecule has 0 bridgehead atoms. The first-order chi connectivity index (χ1) is 8.69. The number of hydrogen-bond acceptors (Lipinski definition) is 3. The maximum atomic E-state index is 12.0. The van der Waals surface area contributed by atoms with Crippen LogP contribution < -0.4 is 11.1 Å². The van der Waals surface area contributed by atoms with Gasteiger partial charge in [-0.15, -0.1) is 0 Å². The van der Waals surface area contributed by atoms with Crippen molar-refractivity contribution in [2.24, 2.45) is 11.7 Å². The highest BCUT2D eigenvalue weighted by atomic mass is 16.1. The van der Waals surface area contributed by atoms with Crippen molar-refractivity contribution in [2.45, 2.75) is 51.0 Å². The van der Waals surface area contributed by atoms with Gasteiger partial charge in [-0.25, -0.2) is 0 Å². The van der Waals surface area contributed by atoms with E-state index in [0.29, 0.717) is 0 Å². The Morgan fingerprint density at radius 2 is 1.94 bits per heavy atom. The van der Waals surface area contributed by atoms with Crippen molar-refractivity contribution in [1.82, 2.24) is 10.2 Å². The van der Waals surface area contributed by atoms with Crippen molar-refractivity contribution in [2.75, 3.05) is 26.2 Å². The van der Waals surface area contributed by atoms with E-state index < -0.39 is 0 Å². The first-order valence-corrected chi connectivity index (χ1v) is 7.44. The van der Waals surface area contributed by atoms with Crippen LogP contribution in [0.4, 0.5) is 0 Å². The van der Waals surface area contributed by atoms with Crippen LogP contribution in [0.3, 0.4) is 0 Å². The standard InChI is InChI=1S/C14H27N3O/c1-2-3-12-4-6-14(7-5-12,13(15)18)17-10-8-16-9-11-17/h12,16H,2-11H2,1H3,(H2,15,18). The molecular formula is C14H27N3O. The zero-order valence-corrected chi connectivity index (χ0v) is 11.6. The van der Waals surface area contributed by atoms with Gasteiger partial charge in [-0.1, -0.05) is 19.8 Å². The maximum absolute atomic E-state index is 12.0. The second-order valence-electron chi connectivity index (χ2n) is 5.86. The Morgan fingerprint density at radius 3 is 2.44 bits per heavy atom. The molecule has 104 valence electrons. The number of nitrogens with zero attached hydrogens (tertiary/aromatic N) is 1. The Hall–Kier alpha value is -0.610. The van der Waals surface area contributed by atoms with E-state index in [9.17, 15) is 4.79 Å². The van der Waals surface area contributed by atoms with Crippen LogP contribution in [0, 0.1) is 5.92 Å². The van der Waals surface area contributed by atoms with Crippen LogP contribution >= 0.6 is 0 Å². The van der Waals surface area contributed by atoms with Crippen LogP contribution in [-0.4, -0.2) is 42.5 Å². The molecule has 0 spiro atoms. The van der Waals surface area contributed by atoms with Crippen LogP contribution in [0.5, 0.6) is 0 Å². The van der Waals surface area contributed by atoms with E-state index in [4.69, 9.17) is 5.73 Å². The van der Waals surface area contributed by atoms with Gasteiger partial charge >= 0.3 is 0 Å². The molecule has 0 aromatic heterocycles. The van der Waals surface area contributed by atoms with Crippen molar-refractivity contribution in [3.63, 3.8) is 0 Å². The van der Waals surface area contributed by atoms with Crippen LogP contribution in [-0.2, 0) is 4.79 Å². The van der Waals surface area contributed by atoms with Crippen LogP contribution in [0.2, 0.25) is 0 Å². The van der Waals surface area contributed by atoms with Gasteiger partial charge in [0.1, 0.15) is 5.54 Å². The number of nitrogens with two attached hydrogens (primary N) is 1. The number of carbonyl (C=O) groups excluding carboxylic acids is 1. The summed E-state index contributed by atoms with van der Waals surface area (Å²) >= 11 is 0. The van der Waals surface area contributed by atoms with Gasteiger partial charge in [0.15, 0.2) is 0 Å². The highest BCUT2D eigenvalue weighted by molar-refractivity contribution is 5.84. The van der Waals surface area contributed by atoms with Gasteiger partial charge in [0.25, 0.3) is 0 Å². The molecule has 2 aliphatic rings. The number of piperazine rings is 1. The largest absolute Gasteiger partial charge is 0.368 e. The summed E-state index contributed by atoms with van der Waals surface area (Å²) in [5, 5.41) is 3.35.